The van der Waals surface area contributed by atoms with Crippen LogP contribution in [0.1, 0.15) is 31.0 Å². The van der Waals surface area contributed by atoms with Crippen LogP contribution in [0.5, 0.6) is 0 Å². The molecule has 2 atom stereocenters. The van der Waals surface area contributed by atoms with E-state index >= 15 is 0 Å². The van der Waals surface area contributed by atoms with E-state index in [1.807, 2.05) is 6.07 Å². The summed E-state index contributed by atoms with van der Waals surface area (Å²) in [5, 5.41) is 3.58. The SMILES string of the molecule is CC(C=Cc1ccccc1)N[C@H](C)c1ccccc1. The van der Waals surface area contributed by atoms with Crippen molar-refractivity contribution in [3.05, 3.63) is 77.9 Å². The summed E-state index contributed by atoms with van der Waals surface area (Å²) in [4.78, 5) is 0. The third-order valence-corrected chi connectivity index (χ3v) is 3.19. The van der Waals surface area contributed by atoms with Crippen LogP contribution < -0.4 is 5.32 Å². The fourth-order valence-electron chi connectivity index (χ4n) is 2.11. The van der Waals surface area contributed by atoms with Crippen LogP contribution in [0.3, 0.4) is 0 Å². The van der Waals surface area contributed by atoms with Gasteiger partial charge in [-0.1, -0.05) is 72.8 Å². The van der Waals surface area contributed by atoms with Crippen molar-refractivity contribution in [2.75, 3.05) is 0 Å². The predicted molar refractivity (Wildman–Crippen MR) is 82.9 cm³/mol. The molecule has 0 spiro atoms. The summed E-state index contributed by atoms with van der Waals surface area (Å²) in [6.45, 7) is 4.38. The maximum absolute atomic E-state index is 3.58. The maximum atomic E-state index is 3.58. The molecule has 0 fully saturated rings. The van der Waals surface area contributed by atoms with E-state index in [-0.39, 0.29) is 0 Å². The van der Waals surface area contributed by atoms with E-state index in [9.17, 15) is 0 Å². The van der Waals surface area contributed by atoms with Gasteiger partial charge in [-0.2, -0.15) is 0 Å². The third-order valence-electron chi connectivity index (χ3n) is 3.19. The highest BCUT2D eigenvalue weighted by atomic mass is 14.9. The van der Waals surface area contributed by atoms with E-state index in [2.05, 4.69) is 85.9 Å². The molecule has 19 heavy (non-hydrogen) atoms. The number of hydrogen-bond donors (Lipinski definition) is 1. The Kier molecular flexibility index (Phi) is 4.93. The van der Waals surface area contributed by atoms with Gasteiger partial charge in [0.1, 0.15) is 0 Å². The van der Waals surface area contributed by atoms with Crippen LogP contribution in [0.2, 0.25) is 0 Å². The lowest BCUT2D eigenvalue weighted by atomic mass is 10.1. The third kappa shape index (κ3) is 4.38. The second-order valence-corrected chi connectivity index (χ2v) is 4.86. The highest BCUT2D eigenvalue weighted by Crippen LogP contribution is 2.12. The Morgan fingerprint density at radius 2 is 1.42 bits per heavy atom. The van der Waals surface area contributed by atoms with E-state index in [0.29, 0.717) is 12.1 Å². The van der Waals surface area contributed by atoms with E-state index in [1.54, 1.807) is 0 Å². The van der Waals surface area contributed by atoms with Gasteiger partial charge < -0.3 is 5.32 Å². The lowest BCUT2D eigenvalue weighted by Gasteiger charge is -2.17. The number of benzene rings is 2. The molecule has 1 N–H and O–H groups in total. The molecule has 0 saturated carbocycles. The lowest BCUT2D eigenvalue weighted by Crippen LogP contribution is -2.27. The molecule has 1 unspecified atom stereocenters. The Bertz CT molecular complexity index is 502. The quantitative estimate of drug-likeness (QED) is 0.828. The second-order valence-electron chi connectivity index (χ2n) is 4.86. The molecule has 2 aromatic carbocycles. The Labute approximate surface area is 116 Å². The molecule has 0 bridgehead atoms. The minimum Gasteiger partial charge on any atom is -0.304 e. The highest BCUT2D eigenvalue weighted by molar-refractivity contribution is 5.49. The molecule has 2 aromatic rings. The van der Waals surface area contributed by atoms with E-state index < -0.39 is 0 Å². The molecule has 1 nitrogen and oxygen atoms in total. The minimum atomic E-state index is 0.343. The van der Waals surface area contributed by atoms with Gasteiger partial charge in [0.2, 0.25) is 0 Å². The van der Waals surface area contributed by atoms with E-state index in [0.717, 1.165) is 0 Å². The standard InChI is InChI=1S/C18H21N/c1-15(13-14-17-9-5-3-6-10-17)19-16(2)18-11-7-4-8-12-18/h3-16,19H,1-2H3/t15?,16-/m1/s1. The molecule has 0 amide bonds. The molecule has 0 aromatic heterocycles. The van der Waals surface area contributed by atoms with Gasteiger partial charge in [-0.05, 0) is 25.0 Å². The van der Waals surface area contributed by atoms with Crippen molar-refractivity contribution in [3.8, 4) is 0 Å². The average molecular weight is 251 g/mol. The van der Waals surface area contributed by atoms with Crippen LogP contribution >= 0.6 is 0 Å². The van der Waals surface area contributed by atoms with Crippen LogP contribution in [0.4, 0.5) is 0 Å². The average Bonchev–Trinajstić information content (AvgIpc) is 2.47. The molecule has 0 aliphatic heterocycles. The van der Waals surface area contributed by atoms with Crippen LogP contribution in [-0.2, 0) is 0 Å². The molecule has 0 saturated heterocycles. The van der Waals surface area contributed by atoms with Gasteiger partial charge in [0.15, 0.2) is 0 Å². The zero-order valence-electron chi connectivity index (χ0n) is 11.6. The summed E-state index contributed by atoms with van der Waals surface area (Å²) in [5.74, 6) is 0. The van der Waals surface area contributed by atoms with Gasteiger partial charge in [-0.15, -0.1) is 0 Å². The van der Waals surface area contributed by atoms with E-state index in [1.165, 1.54) is 11.1 Å². The van der Waals surface area contributed by atoms with Crippen molar-refractivity contribution in [2.24, 2.45) is 0 Å². The van der Waals surface area contributed by atoms with Crippen molar-refractivity contribution in [1.82, 2.24) is 5.32 Å². The molecule has 2 rings (SSSR count). The predicted octanol–water partition coefficient (Wildman–Crippen LogP) is 4.44. The molecule has 0 heterocycles. The summed E-state index contributed by atoms with van der Waals surface area (Å²) in [7, 11) is 0. The summed E-state index contributed by atoms with van der Waals surface area (Å²) < 4.78 is 0. The first-order chi connectivity index (χ1) is 9.25. The van der Waals surface area contributed by atoms with Gasteiger partial charge in [0.25, 0.3) is 0 Å². The van der Waals surface area contributed by atoms with Crippen molar-refractivity contribution in [2.45, 2.75) is 25.9 Å². The zero-order valence-corrected chi connectivity index (χ0v) is 11.6. The topological polar surface area (TPSA) is 12.0 Å². The Morgan fingerprint density at radius 3 is 2.05 bits per heavy atom. The van der Waals surface area contributed by atoms with Crippen LogP contribution in [0, 0.1) is 0 Å². The van der Waals surface area contributed by atoms with Crippen LogP contribution in [-0.4, -0.2) is 6.04 Å². The summed E-state index contributed by atoms with van der Waals surface area (Å²) in [6.07, 6.45) is 4.37. The van der Waals surface area contributed by atoms with Crippen molar-refractivity contribution >= 4 is 6.08 Å². The zero-order chi connectivity index (χ0) is 13.5. The smallest absolute Gasteiger partial charge is 0.0297 e. The normalized spacial score (nSPS) is 14.4. The van der Waals surface area contributed by atoms with Gasteiger partial charge in [-0.25, -0.2) is 0 Å². The first-order valence-electron chi connectivity index (χ1n) is 6.80. The van der Waals surface area contributed by atoms with Crippen LogP contribution in [0.25, 0.3) is 6.08 Å². The van der Waals surface area contributed by atoms with Gasteiger partial charge >= 0.3 is 0 Å². The number of hydrogen-bond acceptors (Lipinski definition) is 1. The maximum Gasteiger partial charge on any atom is 0.0297 e. The molecular weight excluding hydrogens is 230 g/mol. The first kappa shape index (κ1) is 13.6. The Hall–Kier alpha value is -1.86. The monoisotopic (exact) mass is 251 g/mol. The molecular formula is C18H21N. The van der Waals surface area contributed by atoms with Crippen LogP contribution in [0.15, 0.2) is 66.7 Å². The number of rotatable bonds is 5. The second kappa shape index (κ2) is 6.91. The molecule has 98 valence electrons. The summed E-state index contributed by atoms with van der Waals surface area (Å²) >= 11 is 0. The first-order valence-corrected chi connectivity index (χ1v) is 6.80. The largest absolute Gasteiger partial charge is 0.304 e. The van der Waals surface area contributed by atoms with Gasteiger partial charge in [0.05, 0.1) is 0 Å². The van der Waals surface area contributed by atoms with E-state index in [4.69, 9.17) is 0 Å². The number of nitrogens with one attached hydrogen (secondary N) is 1. The molecule has 0 aliphatic carbocycles. The van der Waals surface area contributed by atoms with Gasteiger partial charge in [0, 0.05) is 12.1 Å². The summed E-state index contributed by atoms with van der Waals surface area (Å²) in [6, 6.07) is 21.6. The summed E-state index contributed by atoms with van der Waals surface area (Å²) in [5.41, 5.74) is 2.56. The lowest BCUT2D eigenvalue weighted by molar-refractivity contribution is 0.537. The molecule has 1 heteroatoms. The highest BCUT2D eigenvalue weighted by Gasteiger charge is 2.06. The van der Waals surface area contributed by atoms with Gasteiger partial charge in [-0.3, -0.25) is 0 Å². The minimum absolute atomic E-state index is 0.343. The van der Waals surface area contributed by atoms with Crippen molar-refractivity contribution in [1.29, 1.82) is 0 Å². The fraction of sp³-hybridized carbons (Fsp3) is 0.222. The molecule has 0 radical (unpaired) electrons. The fourth-order valence-corrected chi connectivity index (χ4v) is 2.11. The molecule has 0 aliphatic rings. The Balaban J connectivity index is 1.91. The Morgan fingerprint density at radius 1 is 0.842 bits per heavy atom. The van der Waals surface area contributed by atoms with Crippen molar-refractivity contribution in [3.63, 3.8) is 0 Å². The van der Waals surface area contributed by atoms with Crippen molar-refractivity contribution < 1.29 is 0 Å².